The van der Waals surface area contributed by atoms with Crippen LogP contribution in [0.2, 0.25) is 0 Å². The molecule has 1 heterocycles. The number of aliphatic hydroxyl groups is 1. The first-order valence-electron chi connectivity index (χ1n) is 6.44. The SMILES string of the molecule is C[C@@H](O)c1ccc(N2Cc3ccccc3C2)c(F)c1. The zero-order valence-corrected chi connectivity index (χ0v) is 10.8. The molecule has 0 radical (unpaired) electrons. The highest BCUT2D eigenvalue weighted by Gasteiger charge is 2.21. The molecule has 3 heteroatoms. The predicted octanol–water partition coefficient (Wildman–Crippen LogP) is 3.40. The number of aliphatic hydroxyl groups excluding tert-OH is 1. The molecule has 0 aliphatic carbocycles. The molecule has 0 saturated carbocycles. The molecular formula is C16H16FNO. The van der Waals surface area contributed by atoms with Crippen LogP contribution in [0, 0.1) is 5.82 Å². The van der Waals surface area contributed by atoms with Crippen molar-refractivity contribution in [3.05, 3.63) is 65.0 Å². The average Bonchev–Trinajstić information content (AvgIpc) is 2.81. The van der Waals surface area contributed by atoms with E-state index in [-0.39, 0.29) is 5.82 Å². The lowest BCUT2D eigenvalue weighted by molar-refractivity contribution is 0.199. The highest BCUT2D eigenvalue weighted by atomic mass is 19.1. The van der Waals surface area contributed by atoms with Crippen LogP contribution in [0.15, 0.2) is 42.5 Å². The van der Waals surface area contributed by atoms with E-state index in [4.69, 9.17) is 0 Å². The van der Waals surface area contributed by atoms with Crippen LogP contribution < -0.4 is 4.90 Å². The molecule has 2 nitrogen and oxygen atoms in total. The van der Waals surface area contributed by atoms with Crippen molar-refractivity contribution in [2.24, 2.45) is 0 Å². The second kappa shape index (κ2) is 4.67. The summed E-state index contributed by atoms with van der Waals surface area (Å²) < 4.78 is 14.1. The Balaban J connectivity index is 1.89. The summed E-state index contributed by atoms with van der Waals surface area (Å²) >= 11 is 0. The van der Waals surface area contributed by atoms with E-state index in [2.05, 4.69) is 12.1 Å². The highest BCUT2D eigenvalue weighted by Crippen LogP contribution is 2.31. The van der Waals surface area contributed by atoms with E-state index in [0.717, 1.165) is 13.1 Å². The van der Waals surface area contributed by atoms with Gasteiger partial charge < -0.3 is 10.0 Å². The molecule has 1 atom stereocenters. The number of hydrogen-bond acceptors (Lipinski definition) is 2. The van der Waals surface area contributed by atoms with E-state index >= 15 is 0 Å². The summed E-state index contributed by atoms with van der Waals surface area (Å²) in [4.78, 5) is 2.02. The minimum Gasteiger partial charge on any atom is -0.389 e. The smallest absolute Gasteiger partial charge is 0.146 e. The Labute approximate surface area is 112 Å². The molecule has 2 aromatic rings. The van der Waals surface area contributed by atoms with Gasteiger partial charge in [0, 0.05) is 13.1 Å². The van der Waals surface area contributed by atoms with E-state index in [1.807, 2.05) is 17.0 Å². The van der Waals surface area contributed by atoms with Gasteiger partial charge in [-0.25, -0.2) is 4.39 Å². The molecule has 0 saturated heterocycles. The van der Waals surface area contributed by atoms with Gasteiger partial charge in [-0.2, -0.15) is 0 Å². The molecule has 0 unspecified atom stereocenters. The maximum atomic E-state index is 14.1. The van der Waals surface area contributed by atoms with E-state index in [9.17, 15) is 9.50 Å². The summed E-state index contributed by atoms with van der Waals surface area (Å²) in [5.41, 5.74) is 3.71. The van der Waals surface area contributed by atoms with Crippen molar-refractivity contribution in [3.8, 4) is 0 Å². The Bertz CT molecular complexity index is 584. The zero-order chi connectivity index (χ0) is 13.4. The molecule has 1 aliphatic heterocycles. The fourth-order valence-electron chi connectivity index (χ4n) is 2.54. The van der Waals surface area contributed by atoms with E-state index < -0.39 is 6.10 Å². The van der Waals surface area contributed by atoms with E-state index in [1.165, 1.54) is 17.2 Å². The van der Waals surface area contributed by atoms with Gasteiger partial charge in [0.15, 0.2) is 0 Å². The number of anilines is 1. The van der Waals surface area contributed by atoms with E-state index in [0.29, 0.717) is 11.3 Å². The fourth-order valence-corrected chi connectivity index (χ4v) is 2.54. The van der Waals surface area contributed by atoms with Crippen LogP contribution in [0.1, 0.15) is 29.7 Å². The quantitative estimate of drug-likeness (QED) is 0.891. The Morgan fingerprint density at radius 1 is 1.11 bits per heavy atom. The van der Waals surface area contributed by atoms with Crippen LogP contribution in [-0.4, -0.2) is 5.11 Å². The second-order valence-corrected chi connectivity index (χ2v) is 5.01. The van der Waals surface area contributed by atoms with Crippen molar-refractivity contribution in [3.63, 3.8) is 0 Å². The number of halogens is 1. The molecule has 0 spiro atoms. The van der Waals surface area contributed by atoms with Gasteiger partial charge in [-0.3, -0.25) is 0 Å². The molecular weight excluding hydrogens is 241 g/mol. The fraction of sp³-hybridized carbons (Fsp3) is 0.250. The van der Waals surface area contributed by atoms with Gasteiger partial charge in [0.25, 0.3) is 0 Å². The van der Waals surface area contributed by atoms with Crippen LogP contribution in [0.5, 0.6) is 0 Å². The lowest BCUT2D eigenvalue weighted by Gasteiger charge is -2.19. The Morgan fingerprint density at radius 3 is 2.26 bits per heavy atom. The summed E-state index contributed by atoms with van der Waals surface area (Å²) in [6.45, 7) is 3.11. The third kappa shape index (κ3) is 2.22. The van der Waals surface area contributed by atoms with Crippen LogP contribution in [0.3, 0.4) is 0 Å². The number of rotatable bonds is 2. The molecule has 2 aromatic carbocycles. The standard InChI is InChI=1S/C16H16FNO/c1-11(19)12-6-7-16(15(17)8-12)18-9-13-4-2-3-5-14(13)10-18/h2-8,11,19H,9-10H2,1H3/t11-/m1/s1. The lowest BCUT2D eigenvalue weighted by atomic mass is 10.1. The highest BCUT2D eigenvalue weighted by molar-refractivity contribution is 5.53. The van der Waals surface area contributed by atoms with Crippen LogP contribution >= 0.6 is 0 Å². The van der Waals surface area contributed by atoms with Gasteiger partial charge in [0.2, 0.25) is 0 Å². The predicted molar refractivity (Wildman–Crippen MR) is 73.4 cm³/mol. The van der Waals surface area contributed by atoms with Crippen LogP contribution in [-0.2, 0) is 13.1 Å². The van der Waals surface area contributed by atoms with Crippen molar-refractivity contribution in [2.75, 3.05) is 4.90 Å². The molecule has 0 amide bonds. The number of hydrogen-bond donors (Lipinski definition) is 1. The summed E-state index contributed by atoms with van der Waals surface area (Å²) in [6, 6.07) is 13.1. The average molecular weight is 257 g/mol. The van der Waals surface area contributed by atoms with Gasteiger partial charge in [0.05, 0.1) is 11.8 Å². The first kappa shape index (κ1) is 12.2. The maximum Gasteiger partial charge on any atom is 0.146 e. The molecule has 0 aromatic heterocycles. The first-order chi connectivity index (χ1) is 9.15. The van der Waals surface area contributed by atoms with Gasteiger partial charge >= 0.3 is 0 Å². The minimum atomic E-state index is -0.640. The van der Waals surface area contributed by atoms with E-state index in [1.54, 1.807) is 19.1 Å². The lowest BCUT2D eigenvalue weighted by Crippen LogP contribution is -2.16. The monoisotopic (exact) mass is 257 g/mol. The zero-order valence-electron chi connectivity index (χ0n) is 10.8. The molecule has 0 fully saturated rings. The maximum absolute atomic E-state index is 14.1. The first-order valence-corrected chi connectivity index (χ1v) is 6.44. The van der Waals surface area contributed by atoms with Crippen molar-refractivity contribution < 1.29 is 9.50 Å². The summed E-state index contributed by atoms with van der Waals surface area (Å²) in [5.74, 6) is -0.272. The second-order valence-electron chi connectivity index (χ2n) is 5.01. The Hall–Kier alpha value is -1.87. The summed E-state index contributed by atoms with van der Waals surface area (Å²) in [5, 5.41) is 9.47. The summed E-state index contributed by atoms with van der Waals surface area (Å²) in [7, 11) is 0. The van der Waals surface area contributed by atoms with Crippen LogP contribution in [0.25, 0.3) is 0 Å². The van der Waals surface area contributed by atoms with Gasteiger partial charge in [0.1, 0.15) is 5.82 Å². The minimum absolute atomic E-state index is 0.272. The molecule has 19 heavy (non-hydrogen) atoms. The number of benzene rings is 2. The number of fused-ring (bicyclic) bond motifs is 1. The molecule has 1 aliphatic rings. The third-order valence-electron chi connectivity index (χ3n) is 3.64. The van der Waals surface area contributed by atoms with Crippen molar-refractivity contribution in [2.45, 2.75) is 26.1 Å². The van der Waals surface area contributed by atoms with Crippen molar-refractivity contribution in [1.82, 2.24) is 0 Å². The largest absolute Gasteiger partial charge is 0.389 e. The third-order valence-corrected chi connectivity index (χ3v) is 3.64. The molecule has 0 bridgehead atoms. The van der Waals surface area contributed by atoms with Crippen molar-refractivity contribution >= 4 is 5.69 Å². The van der Waals surface area contributed by atoms with Gasteiger partial charge in [-0.15, -0.1) is 0 Å². The van der Waals surface area contributed by atoms with Crippen molar-refractivity contribution in [1.29, 1.82) is 0 Å². The Kier molecular flexibility index (Phi) is 2.99. The normalized spacial score (nSPS) is 15.4. The molecule has 3 rings (SSSR count). The van der Waals surface area contributed by atoms with Gasteiger partial charge in [-0.1, -0.05) is 30.3 Å². The Morgan fingerprint density at radius 2 is 1.74 bits per heavy atom. The molecule has 1 N–H and O–H groups in total. The topological polar surface area (TPSA) is 23.5 Å². The molecule has 98 valence electrons. The van der Waals surface area contributed by atoms with Crippen LogP contribution in [0.4, 0.5) is 10.1 Å². The van der Waals surface area contributed by atoms with Gasteiger partial charge in [-0.05, 0) is 35.7 Å². The number of nitrogens with zero attached hydrogens (tertiary/aromatic N) is 1. The summed E-state index contributed by atoms with van der Waals surface area (Å²) in [6.07, 6.45) is -0.640.